The van der Waals surface area contributed by atoms with Crippen molar-refractivity contribution in [2.24, 2.45) is 5.14 Å². The van der Waals surface area contributed by atoms with Crippen LogP contribution in [0.4, 0.5) is 5.69 Å². The summed E-state index contributed by atoms with van der Waals surface area (Å²) in [5.41, 5.74) is 6.82. The number of carboxylic acids is 1. The van der Waals surface area contributed by atoms with Gasteiger partial charge in [0.2, 0.25) is 27.7 Å². The topological polar surface area (TPSA) is 240 Å². The van der Waals surface area contributed by atoms with E-state index in [2.05, 4.69) is 21.3 Å². The van der Waals surface area contributed by atoms with Crippen molar-refractivity contribution in [2.45, 2.75) is 17.4 Å². The molecule has 198 valence electrons. The fourth-order valence-corrected chi connectivity index (χ4v) is 3.39. The third-order valence-electron chi connectivity index (χ3n) is 4.80. The number of primary sulfonamides is 1. The second-order valence-electron chi connectivity index (χ2n) is 7.71. The number of amides is 4. The number of rotatable bonds is 12. The average Bonchev–Trinajstić information content (AvgIpc) is 2.85. The largest absolute Gasteiger partial charge is 0.480 e. The highest BCUT2D eigenvalue weighted by Gasteiger charge is 2.21. The molecule has 2 aromatic carbocycles. The van der Waals surface area contributed by atoms with Crippen molar-refractivity contribution >= 4 is 45.3 Å². The Bertz CT molecular complexity index is 1260. The lowest BCUT2D eigenvalue weighted by Crippen LogP contribution is -2.48. The molecule has 2 rings (SSSR count). The van der Waals surface area contributed by atoms with Gasteiger partial charge in [0.25, 0.3) is 5.91 Å². The molecule has 15 heteroatoms. The van der Waals surface area contributed by atoms with Crippen LogP contribution in [-0.2, 0) is 35.6 Å². The Morgan fingerprint density at radius 1 is 0.784 bits per heavy atom. The Balaban J connectivity index is 1.71. The van der Waals surface area contributed by atoms with Crippen LogP contribution in [0.1, 0.15) is 15.9 Å². The molecule has 0 aliphatic carbocycles. The first-order chi connectivity index (χ1) is 17.3. The summed E-state index contributed by atoms with van der Waals surface area (Å²) in [6, 6.07) is 9.96. The Labute approximate surface area is 211 Å². The third kappa shape index (κ3) is 9.95. The fourth-order valence-electron chi connectivity index (χ4n) is 2.88. The number of nitrogens with two attached hydrogens (primary N) is 2. The van der Waals surface area contributed by atoms with E-state index in [1.165, 1.54) is 12.1 Å². The molecular formula is C22H26N6O8S. The number of carbonyl (C=O) groups excluding carboxylic acids is 4. The zero-order valence-electron chi connectivity index (χ0n) is 19.4. The number of nitrogens with one attached hydrogen (secondary N) is 4. The lowest BCUT2D eigenvalue weighted by atomic mass is 10.1. The van der Waals surface area contributed by atoms with Gasteiger partial charge in [-0.1, -0.05) is 12.1 Å². The number of aliphatic carboxylic acids is 1. The lowest BCUT2D eigenvalue weighted by molar-refractivity contribution is -0.141. The van der Waals surface area contributed by atoms with Gasteiger partial charge in [0, 0.05) is 17.7 Å². The number of carboxylic acid groups (broad SMARTS) is 1. The quantitative estimate of drug-likeness (QED) is 0.145. The summed E-state index contributed by atoms with van der Waals surface area (Å²) in [5, 5.41) is 23.4. The molecule has 2 aromatic rings. The molecule has 0 bridgehead atoms. The van der Waals surface area contributed by atoms with Crippen LogP contribution in [0.2, 0.25) is 0 Å². The van der Waals surface area contributed by atoms with Crippen molar-refractivity contribution in [1.29, 1.82) is 0 Å². The minimum absolute atomic E-state index is 0.00728. The molecular weight excluding hydrogens is 508 g/mol. The molecule has 1 atom stereocenters. The van der Waals surface area contributed by atoms with Gasteiger partial charge in [-0.15, -0.1) is 0 Å². The molecule has 37 heavy (non-hydrogen) atoms. The van der Waals surface area contributed by atoms with E-state index < -0.39 is 65.3 Å². The highest BCUT2D eigenvalue weighted by atomic mass is 32.2. The average molecular weight is 535 g/mol. The molecule has 0 aromatic heterocycles. The smallest absolute Gasteiger partial charge is 0.326 e. The minimum Gasteiger partial charge on any atom is -0.480 e. The first-order valence-electron chi connectivity index (χ1n) is 10.7. The summed E-state index contributed by atoms with van der Waals surface area (Å²) in [6.07, 6.45) is 0.00728. The molecule has 0 spiro atoms. The summed E-state index contributed by atoms with van der Waals surface area (Å²) < 4.78 is 22.5. The lowest BCUT2D eigenvalue weighted by Gasteiger charge is -2.15. The van der Waals surface area contributed by atoms with E-state index >= 15 is 0 Å². The Kier molecular flexibility index (Phi) is 10.1. The predicted molar refractivity (Wildman–Crippen MR) is 130 cm³/mol. The second-order valence-corrected chi connectivity index (χ2v) is 9.27. The van der Waals surface area contributed by atoms with E-state index in [1.54, 1.807) is 24.3 Å². The van der Waals surface area contributed by atoms with Crippen molar-refractivity contribution in [3.8, 4) is 0 Å². The molecule has 0 aliphatic heterocycles. The van der Waals surface area contributed by atoms with Gasteiger partial charge in [0.15, 0.2) is 0 Å². The SMILES string of the molecule is Nc1ccc(C[C@H](NC(=O)CNC(=O)CNC(=O)CNC(=O)c2ccc(S(N)(=O)=O)cc2)C(=O)O)cc1. The van der Waals surface area contributed by atoms with Crippen molar-refractivity contribution < 1.29 is 37.5 Å². The van der Waals surface area contributed by atoms with Gasteiger partial charge in [-0.25, -0.2) is 18.4 Å². The first-order valence-corrected chi connectivity index (χ1v) is 12.2. The summed E-state index contributed by atoms with van der Waals surface area (Å²) in [6.45, 7) is -1.50. The van der Waals surface area contributed by atoms with E-state index in [-0.39, 0.29) is 16.9 Å². The minimum atomic E-state index is -3.91. The highest BCUT2D eigenvalue weighted by molar-refractivity contribution is 7.89. The van der Waals surface area contributed by atoms with E-state index in [0.29, 0.717) is 11.3 Å². The number of carbonyl (C=O) groups is 5. The maximum absolute atomic E-state index is 12.0. The summed E-state index contributed by atoms with van der Waals surface area (Å²) in [5.74, 6) is -4.10. The highest BCUT2D eigenvalue weighted by Crippen LogP contribution is 2.09. The van der Waals surface area contributed by atoms with Gasteiger partial charge < -0.3 is 32.1 Å². The van der Waals surface area contributed by atoms with Gasteiger partial charge in [0.05, 0.1) is 24.5 Å². The van der Waals surface area contributed by atoms with Crippen molar-refractivity contribution in [3.63, 3.8) is 0 Å². The summed E-state index contributed by atoms with van der Waals surface area (Å²) in [4.78, 5) is 59.1. The third-order valence-corrected chi connectivity index (χ3v) is 5.73. The number of anilines is 1. The van der Waals surface area contributed by atoms with Crippen LogP contribution in [0.5, 0.6) is 0 Å². The Morgan fingerprint density at radius 2 is 1.30 bits per heavy atom. The summed E-state index contributed by atoms with van der Waals surface area (Å²) >= 11 is 0. The van der Waals surface area contributed by atoms with E-state index in [9.17, 15) is 37.5 Å². The van der Waals surface area contributed by atoms with Crippen LogP contribution in [0.25, 0.3) is 0 Å². The van der Waals surface area contributed by atoms with Crippen LogP contribution >= 0.6 is 0 Å². The first kappa shape index (κ1) is 28.7. The molecule has 4 amide bonds. The monoisotopic (exact) mass is 534 g/mol. The van der Waals surface area contributed by atoms with Crippen LogP contribution in [-0.4, -0.2) is 68.8 Å². The second kappa shape index (κ2) is 13.0. The maximum atomic E-state index is 12.0. The molecule has 0 radical (unpaired) electrons. The van der Waals surface area contributed by atoms with E-state index in [1.807, 2.05) is 0 Å². The predicted octanol–water partition coefficient (Wildman–Crippen LogP) is -2.31. The molecule has 0 saturated carbocycles. The Hall–Kier alpha value is -4.50. The van der Waals surface area contributed by atoms with Gasteiger partial charge in [-0.2, -0.15) is 0 Å². The molecule has 0 fully saturated rings. The van der Waals surface area contributed by atoms with Crippen LogP contribution in [0, 0.1) is 0 Å². The van der Waals surface area contributed by atoms with Gasteiger partial charge in [-0.3, -0.25) is 19.2 Å². The Morgan fingerprint density at radius 3 is 1.81 bits per heavy atom. The van der Waals surface area contributed by atoms with Crippen LogP contribution < -0.4 is 32.1 Å². The number of hydrogen-bond donors (Lipinski definition) is 7. The number of hydrogen-bond acceptors (Lipinski definition) is 8. The molecule has 0 heterocycles. The molecule has 14 nitrogen and oxygen atoms in total. The van der Waals surface area contributed by atoms with Crippen molar-refractivity contribution in [1.82, 2.24) is 21.3 Å². The molecule has 0 unspecified atom stereocenters. The number of sulfonamides is 1. The number of nitrogen functional groups attached to an aromatic ring is 1. The standard InChI is InChI=1S/C22H26N6O8S/c23-15-5-1-13(2-6-15)9-17(22(33)34)28-20(31)12-26-18(29)10-25-19(30)11-27-21(32)14-3-7-16(8-4-14)37(24,35)36/h1-8,17H,9-12,23H2,(H,25,30)(H,26,29)(H,27,32)(H,28,31)(H,33,34)(H2,24,35,36)/t17-/m0/s1. The molecule has 0 aliphatic rings. The zero-order valence-corrected chi connectivity index (χ0v) is 20.2. The van der Waals surface area contributed by atoms with Crippen LogP contribution in [0.3, 0.4) is 0 Å². The van der Waals surface area contributed by atoms with Crippen molar-refractivity contribution in [3.05, 3.63) is 59.7 Å². The van der Waals surface area contributed by atoms with Gasteiger partial charge >= 0.3 is 5.97 Å². The molecule has 0 saturated heterocycles. The summed E-state index contributed by atoms with van der Waals surface area (Å²) in [7, 11) is -3.91. The number of benzene rings is 2. The maximum Gasteiger partial charge on any atom is 0.326 e. The van der Waals surface area contributed by atoms with Gasteiger partial charge in [0.1, 0.15) is 6.04 Å². The van der Waals surface area contributed by atoms with E-state index in [4.69, 9.17) is 10.9 Å². The van der Waals surface area contributed by atoms with E-state index in [0.717, 1.165) is 12.1 Å². The van der Waals surface area contributed by atoms with Gasteiger partial charge in [-0.05, 0) is 42.0 Å². The normalized spacial score (nSPS) is 11.6. The molecule has 9 N–H and O–H groups in total. The van der Waals surface area contributed by atoms with Crippen molar-refractivity contribution in [2.75, 3.05) is 25.4 Å². The zero-order chi connectivity index (χ0) is 27.6. The van der Waals surface area contributed by atoms with Crippen LogP contribution in [0.15, 0.2) is 53.4 Å². The fraction of sp³-hybridized carbons (Fsp3) is 0.227.